The molecule has 0 aliphatic heterocycles. The molecule has 0 fully saturated rings. The van der Waals surface area contributed by atoms with Crippen molar-refractivity contribution in [2.75, 3.05) is 6.61 Å². The van der Waals surface area contributed by atoms with E-state index in [4.69, 9.17) is 10.5 Å². The molecule has 0 aliphatic rings. The van der Waals surface area contributed by atoms with Crippen LogP contribution in [0.1, 0.15) is 52.8 Å². The fourth-order valence-corrected chi connectivity index (χ4v) is 2.59. The second-order valence-electron chi connectivity index (χ2n) is 7.48. The SMILES string of the molecule is [2H]C(C)(C)CCOC(=O)c1cccc(O[Si](C)(C)C(C)(C)C)c1. The Balaban J connectivity index is 2.75. The monoisotopic (exact) mass is 323 g/mol. The standard InChI is InChI=1S/C18H30O3Si/c1-14(2)11-12-20-17(19)15-9-8-10-16(13-15)21-22(6,7)18(3,4)5/h8-10,13-14H,11-12H2,1-7H3/i14D. The quantitative estimate of drug-likeness (QED) is 0.528. The van der Waals surface area contributed by atoms with E-state index in [-0.39, 0.29) is 17.6 Å². The minimum Gasteiger partial charge on any atom is -0.543 e. The lowest BCUT2D eigenvalue weighted by Crippen LogP contribution is -2.43. The van der Waals surface area contributed by atoms with Crippen molar-refractivity contribution in [2.24, 2.45) is 5.89 Å². The van der Waals surface area contributed by atoms with Crippen LogP contribution in [0.25, 0.3) is 0 Å². The van der Waals surface area contributed by atoms with Crippen molar-refractivity contribution in [3.05, 3.63) is 29.8 Å². The molecule has 0 aromatic heterocycles. The van der Waals surface area contributed by atoms with E-state index in [0.29, 0.717) is 17.7 Å². The number of hydrogen-bond donors (Lipinski definition) is 0. The average molecular weight is 324 g/mol. The first-order valence-electron chi connectivity index (χ1n) is 8.28. The Hall–Kier alpha value is -1.29. The van der Waals surface area contributed by atoms with E-state index < -0.39 is 14.2 Å². The molecule has 0 aliphatic carbocycles. The molecular weight excluding hydrogens is 292 g/mol. The largest absolute Gasteiger partial charge is 0.543 e. The van der Waals surface area contributed by atoms with Gasteiger partial charge < -0.3 is 9.16 Å². The van der Waals surface area contributed by atoms with E-state index in [1.54, 1.807) is 26.0 Å². The molecule has 1 rings (SSSR count). The summed E-state index contributed by atoms with van der Waals surface area (Å²) in [7, 11) is -1.93. The van der Waals surface area contributed by atoms with Gasteiger partial charge in [0.25, 0.3) is 0 Å². The number of carbonyl (C=O) groups excluding carboxylic acids is 1. The zero-order valence-electron chi connectivity index (χ0n) is 15.9. The van der Waals surface area contributed by atoms with Gasteiger partial charge >= 0.3 is 5.97 Å². The number of ether oxygens (including phenoxy) is 1. The highest BCUT2D eigenvalue weighted by atomic mass is 28.4. The van der Waals surface area contributed by atoms with Gasteiger partial charge in [0.2, 0.25) is 8.32 Å². The summed E-state index contributed by atoms with van der Waals surface area (Å²) in [6, 6.07) is 7.17. The van der Waals surface area contributed by atoms with Crippen molar-refractivity contribution in [1.82, 2.24) is 0 Å². The number of rotatable bonds is 6. The summed E-state index contributed by atoms with van der Waals surface area (Å²) in [5.74, 6) is -0.241. The van der Waals surface area contributed by atoms with Crippen LogP contribution in [-0.2, 0) is 4.74 Å². The number of esters is 1. The van der Waals surface area contributed by atoms with Crippen LogP contribution < -0.4 is 4.43 Å². The summed E-state index contributed by atoms with van der Waals surface area (Å²) in [4.78, 5) is 12.1. The minimum atomic E-state index is -1.93. The molecule has 0 spiro atoms. The summed E-state index contributed by atoms with van der Waals surface area (Å²) < 4.78 is 19.2. The van der Waals surface area contributed by atoms with Crippen LogP contribution in [-0.4, -0.2) is 20.9 Å². The smallest absolute Gasteiger partial charge is 0.338 e. The summed E-state index contributed by atoms with van der Waals surface area (Å²) in [6.07, 6.45) is 0.513. The van der Waals surface area contributed by atoms with Crippen molar-refractivity contribution in [3.8, 4) is 5.75 Å². The Kier molecular flexibility index (Phi) is 5.67. The fraction of sp³-hybridized carbons (Fsp3) is 0.611. The Morgan fingerprint density at radius 1 is 1.32 bits per heavy atom. The maximum Gasteiger partial charge on any atom is 0.338 e. The molecule has 0 amide bonds. The highest BCUT2D eigenvalue weighted by Crippen LogP contribution is 2.37. The van der Waals surface area contributed by atoms with Gasteiger partial charge in [-0.25, -0.2) is 4.79 Å². The van der Waals surface area contributed by atoms with Crippen molar-refractivity contribution >= 4 is 14.3 Å². The topological polar surface area (TPSA) is 35.5 Å². The second kappa shape index (κ2) is 7.31. The van der Waals surface area contributed by atoms with Gasteiger partial charge in [-0.3, -0.25) is 0 Å². The lowest BCUT2D eigenvalue weighted by Gasteiger charge is -2.36. The zero-order valence-corrected chi connectivity index (χ0v) is 15.9. The lowest BCUT2D eigenvalue weighted by molar-refractivity contribution is 0.0488. The first-order valence-corrected chi connectivity index (χ1v) is 10.7. The highest BCUT2D eigenvalue weighted by molar-refractivity contribution is 6.74. The fourth-order valence-electron chi connectivity index (χ4n) is 1.57. The van der Waals surface area contributed by atoms with Gasteiger partial charge in [0, 0.05) is 1.37 Å². The molecule has 22 heavy (non-hydrogen) atoms. The maximum atomic E-state index is 12.1. The molecule has 0 atom stereocenters. The third-order valence-electron chi connectivity index (χ3n) is 4.08. The molecule has 124 valence electrons. The second-order valence-corrected chi connectivity index (χ2v) is 12.2. The third kappa shape index (κ3) is 5.48. The maximum absolute atomic E-state index is 12.1. The van der Waals surface area contributed by atoms with E-state index in [2.05, 4.69) is 33.9 Å². The number of hydrogen-bond acceptors (Lipinski definition) is 3. The van der Waals surface area contributed by atoms with Crippen LogP contribution in [0, 0.1) is 5.89 Å². The van der Waals surface area contributed by atoms with Crippen molar-refractivity contribution < 1.29 is 15.3 Å². The van der Waals surface area contributed by atoms with E-state index >= 15 is 0 Å². The number of carbonyl (C=O) groups is 1. The van der Waals surface area contributed by atoms with Gasteiger partial charge in [0.1, 0.15) is 5.75 Å². The van der Waals surface area contributed by atoms with Gasteiger partial charge in [0.15, 0.2) is 0 Å². The van der Waals surface area contributed by atoms with Crippen LogP contribution in [0.15, 0.2) is 24.3 Å². The molecule has 3 nitrogen and oxygen atoms in total. The molecular formula is C18H30O3Si. The van der Waals surface area contributed by atoms with Crippen LogP contribution in [0.5, 0.6) is 5.75 Å². The first-order chi connectivity index (χ1) is 10.3. The molecule has 0 saturated heterocycles. The van der Waals surface area contributed by atoms with Crippen molar-refractivity contribution in [3.63, 3.8) is 0 Å². The van der Waals surface area contributed by atoms with Crippen LogP contribution in [0.3, 0.4) is 0 Å². The third-order valence-corrected chi connectivity index (χ3v) is 8.44. The molecule has 0 N–H and O–H groups in total. The molecule has 0 unspecified atom stereocenters. The molecule has 0 saturated carbocycles. The predicted octanol–water partition coefficient (Wildman–Crippen LogP) is 5.27. The van der Waals surface area contributed by atoms with Crippen LogP contribution in [0.2, 0.25) is 18.1 Å². The highest BCUT2D eigenvalue weighted by Gasteiger charge is 2.39. The van der Waals surface area contributed by atoms with E-state index in [0.717, 1.165) is 0 Å². The van der Waals surface area contributed by atoms with E-state index in [1.807, 2.05) is 12.1 Å². The Bertz CT molecular complexity index is 542. The normalized spacial score (nSPS) is 13.5. The minimum absolute atomic E-state index is 0.100. The number of benzene rings is 1. The Morgan fingerprint density at radius 3 is 2.50 bits per heavy atom. The molecule has 0 bridgehead atoms. The zero-order chi connectivity index (χ0) is 17.9. The summed E-state index contributed by atoms with van der Waals surface area (Å²) in [5, 5.41) is 0.100. The molecule has 0 heterocycles. The summed E-state index contributed by atoms with van der Waals surface area (Å²) >= 11 is 0. The van der Waals surface area contributed by atoms with Crippen LogP contribution in [0.4, 0.5) is 0 Å². The molecule has 1 aromatic carbocycles. The Morgan fingerprint density at radius 2 is 1.95 bits per heavy atom. The van der Waals surface area contributed by atoms with Gasteiger partial charge in [-0.15, -0.1) is 0 Å². The predicted molar refractivity (Wildman–Crippen MR) is 94.0 cm³/mol. The van der Waals surface area contributed by atoms with Crippen LogP contribution >= 0.6 is 0 Å². The Labute approximate surface area is 137 Å². The lowest BCUT2D eigenvalue weighted by atomic mass is 10.1. The first kappa shape index (κ1) is 17.1. The summed E-state index contributed by atoms with van der Waals surface area (Å²) in [5.41, 5.74) is 0.490. The van der Waals surface area contributed by atoms with Crippen molar-refractivity contribution in [1.29, 1.82) is 0 Å². The van der Waals surface area contributed by atoms with E-state index in [9.17, 15) is 4.79 Å². The molecule has 4 heteroatoms. The van der Waals surface area contributed by atoms with E-state index in [1.165, 1.54) is 0 Å². The van der Waals surface area contributed by atoms with Gasteiger partial charge in [-0.1, -0.05) is 40.7 Å². The average Bonchev–Trinajstić information content (AvgIpc) is 2.35. The van der Waals surface area contributed by atoms with Crippen molar-refractivity contribution in [2.45, 2.75) is 59.2 Å². The van der Waals surface area contributed by atoms with Gasteiger partial charge in [-0.2, -0.15) is 0 Å². The molecule has 1 aromatic rings. The molecule has 0 radical (unpaired) electrons. The van der Waals surface area contributed by atoms with Gasteiger partial charge in [-0.05, 0) is 48.6 Å². The summed E-state index contributed by atoms with van der Waals surface area (Å²) in [6.45, 7) is 14.7. The van der Waals surface area contributed by atoms with Gasteiger partial charge in [0.05, 0.1) is 12.2 Å².